The SMILES string of the molecule is CC(C)C[C@H](CC(=O)c1cc2c(Cl)cc(Cl)cc2[nH]1)C(=O)N[C@@H](C[C@@H]1CCCNC1=O)C(=O)C(=O)NC1CCCCC1. The molecule has 1 aliphatic heterocycles. The van der Waals surface area contributed by atoms with E-state index in [4.69, 9.17) is 23.2 Å². The van der Waals surface area contributed by atoms with Crippen molar-refractivity contribution in [2.24, 2.45) is 17.8 Å². The standard InChI is InChI=1S/C31H40Cl2N4O5/c1-17(2)11-19(13-27(38)25-16-22-23(33)14-20(32)15-24(22)36-25)30(41)37-26(12-18-7-6-10-34-29(18)40)28(39)31(42)35-21-8-4-3-5-9-21/h14-19,21,26,36H,3-13H2,1-2H3,(H,34,40)(H,35,42)(H,37,41)/t18-,19+,26-/m0/s1. The molecule has 2 aromatic rings. The fourth-order valence-corrected chi connectivity index (χ4v) is 6.57. The van der Waals surface area contributed by atoms with Crippen LogP contribution in [0, 0.1) is 17.8 Å². The third-order valence-corrected chi connectivity index (χ3v) is 8.76. The van der Waals surface area contributed by atoms with E-state index in [-0.39, 0.29) is 36.5 Å². The highest BCUT2D eigenvalue weighted by atomic mass is 35.5. The van der Waals surface area contributed by atoms with Gasteiger partial charge in [0.05, 0.1) is 16.8 Å². The van der Waals surface area contributed by atoms with E-state index < -0.39 is 35.5 Å². The van der Waals surface area contributed by atoms with Crippen molar-refractivity contribution in [3.63, 3.8) is 0 Å². The zero-order valence-electron chi connectivity index (χ0n) is 24.2. The summed E-state index contributed by atoms with van der Waals surface area (Å²) in [5.74, 6) is -3.64. The number of ketones is 2. The Kier molecular flexibility index (Phi) is 11.1. The number of aromatic nitrogens is 1. The molecule has 3 atom stereocenters. The number of halogens is 2. The maximum Gasteiger partial charge on any atom is 0.289 e. The molecule has 9 nitrogen and oxygen atoms in total. The molecule has 1 saturated carbocycles. The van der Waals surface area contributed by atoms with E-state index in [1.807, 2.05) is 13.8 Å². The van der Waals surface area contributed by atoms with Crippen LogP contribution < -0.4 is 16.0 Å². The molecule has 0 spiro atoms. The Morgan fingerprint density at radius 2 is 1.74 bits per heavy atom. The van der Waals surface area contributed by atoms with Crippen LogP contribution in [0.5, 0.6) is 0 Å². The van der Waals surface area contributed by atoms with Crippen LogP contribution in [0.2, 0.25) is 10.0 Å². The van der Waals surface area contributed by atoms with Crippen molar-refractivity contribution < 1.29 is 24.0 Å². The van der Waals surface area contributed by atoms with Crippen molar-refractivity contribution in [2.75, 3.05) is 6.54 Å². The lowest BCUT2D eigenvalue weighted by Gasteiger charge is -2.28. The lowest BCUT2D eigenvalue weighted by Crippen LogP contribution is -2.53. The first-order chi connectivity index (χ1) is 20.0. The second kappa shape index (κ2) is 14.5. The number of Topliss-reactive ketones (excluding diaryl/α,β-unsaturated/α-hetero) is 2. The largest absolute Gasteiger partial charge is 0.356 e. The second-order valence-electron chi connectivity index (χ2n) is 12.1. The van der Waals surface area contributed by atoms with Crippen LogP contribution >= 0.6 is 23.2 Å². The molecule has 0 unspecified atom stereocenters. The number of H-pyrrole nitrogens is 1. The fourth-order valence-electron chi connectivity index (χ4n) is 6.02. The molecule has 1 aliphatic carbocycles. The summed E-state index contributed by atoms with van der Waals surface area (Å²) in [6.07, 6.45) is 6.33. The van der Waals surface area contributed by atoms with Crippen LogP contribution in [0.1, 0.15) is 88.5 Å². The van der Waals surface area contributed by atoms with E-state index >= 15 is 0 Å². The van der Waals surface area contributed by atoms with Crippen molar-refractivity contribution >= 4 is 63.4 Å². The van der Waals surface area contributed by atoms with Gasteiger partial charge in [0.1, 0.15) is 0 Å². The summed E-state index contributed by atoms with van der Waals surface area (Å²) in [5, 5.41) is 9.91. The Morgan fingerprint density at radius 3 is 2.43 bits per heavy atom. The predicted molar refractivity (Wildman–Crippen MR) is 163 cm³/mol. The Morgan fingerprint density at radius 1 is 1.00 bits per heavy atom. The summed E-state index contributed by atoms with van der Waals surface area (Å²) in [5.41, 5.74) is 0.912. The number of aromatic amines is 1. The number of amides is 3. The van der Waals surface area contributed by atoms with Crippen LogP contribution in [0.4, 0.5) is 0 Å². The summed E-state index contributed by atoms with van der Waals surface area (Å²) in [6, 6.07) is 3.67. The maximum absolute atomic E-state index is 13.7. The predicted octanol–water partition coefficient (Wildman–Crippen LogP) is 5.13. The normalized spacial score (nSPS) is 19.3. The molecular weight excluding hydrogens is 579 g/mol. The van der Waals surface area contributed by atoms with E-state index in [0.29, 0.717) is 46.0 Å². The average Bonchev–Trinajstić information content (AvgIpc) is 3.38. The summed E-state index contributed by atoms with van der Waals surface area (Å²) < 4.78 is 0. The molecule has 2 fully saturated rings. The van der Waals surface area contributed by atoms with E-state index in [1.165, 1.54) is 0 Å². The Labute approximate surface area is 256 Å². The van der Waals surface area contributed by atoms with Gasteiger partial charge in [0.15, 0.2) is 5.78 Å². The molecule has 0 radical (unpaired) electrons. The van der Waals surface area contributed by atoms with Gasteiger partial charge in [0, 0.05) is 46.8 Å². The summed E-state index contributed by atoms with van der Waals surface area (Å²) in [7, 11) is 0. The highest BCUT2D eigenvalue weighted by molar-refractivity contribution is 6.39. The molecule has 1 saturated heterocycles. The number of hydrogen-bond donors (Lipinski definition) is 4. The molecular formula is C31H40Cl2N4O5. The lowest BCUT2D eigenvalue weighted by molar-refractivity contribution is -0.142. The average molecular weight is 620 g/mol. The van der Waals surface area contributed by atoms with Crippen molar-refractivity contribution in [2.45, 2.75) is 90.1 Å². The summed E-state index contributed by atoms with van der Waals surface area (Å²) in [6.45, 7) is 4.45. The molecule has 0 bridgehead atoms. The van der Waals surface area contributed by atoms with E-state index in [2.05, 4.69) is 20.9 Å². The minimum Gasteiger partial charge on any atom is -0.356 e. The van der Waals surface area contributed by atoms with Crippen LogP contribution in [-0.4, -0.2) is 52.9 Å². The molecule has 228 valence electrons. The Hall–Kier alpha value is -2.91. The molecule has 11 heteroatoms. The van der Waals surface area contributed by atoms with Crippen molar-refractivity contribution in [1.82, 2.24) is 20.9 Å². The number of benzene rings is 1. The van der Waals surface area contributed by atoms with Gasteiger partial charge in [0.2, 0.25) is 17.6 Å². The molecule has 2 aliphatic rings. The number of nitrogens with one attached hydrogen (secondary N) is 4. The third kappa shape index (κ3) is 8.34. The number of rotatable bonds is 12. The van der Waals surface area contributed by atoms with Gasteiger partial charge >= 0.3 is 0 Å². The van der Waals surface area contributed by atoms with Crippen LogP contribution in [-0.2, 0) is 19.2 Å². The molecule has 4 N–H and O–H groups in total. The maximum atomic E-state index is 13.7. The van der Waals surface area contributed by atoms with E-state index in [1.54, 1.807) is 18.2 Å². The van der Waals surface area contributed by atoms with E-state index in [9.17, 15) is 24.0 Å². The minimum absolute atomic E-state index is 0.0259. The zero-order valence-corrected chi connectivity index (χ0v) is 25.7. The first-order valence-electron chi connectivity index (χ1n) is 15.0. The second-order valence-corrected chi connectivity index (χ2v) is 12.9. The summed E-state index contributed by atoms with van der Waals surface area (Å²) in [4.78, 5) is 69.0. The van der Waals surface area contributed by atoms with Gasteiger partial charge < -0.3 is 20.9 Å². The molecule has 42 heavy (non-hydrogen) atoms. The van der Waals surface area contributed by atoms with Gasteiger partial charge in [-0.05, 0) is 62.6 Å². The topological polar surface area (TPSA) is 137 Å². The number of piperidine rings is 1. The fraction of sp³-hybridized carbons (Fsp3) is 0.581. The van der Waals surface area contributed by atoms with Crippen molar-refractivity contribution in [1.29, 1.82) is 0 Å². The van der Waals surface area contributed by atoms with Crippen LogP contribution in [0.15, 0.2) is 18.2 Å². The highest BCUT2D eigenvalue weighted by Crippen LogP contribution is 2.30. The van der Waals surface area contributed by atoms with Gasteiger partial charge in [-0.2, -0.15) is 0 Å². The zero-order chi connectivity index (χ0) is 30.4. The monoisotopic (exact) mass is 618 g/mol. The highest BCUT2D eigenvalue weighted by Gasteiger charge is 2.36. The molecule has 1 aromatic carbocycles. The number of fused-ring (bicyclic) bond motifs is 1. The minimum atomic E-state index is -1.17. The molecule has 3 amide bonds. The lowest BCUT2D eigenvalue weighted by atomic mass is 9.87. The van der Waals surface area contributed by atoms with Gasteiger partial charge in [0.25, 0.3) is 5.91 Å². The smallest absolute Gasteiger partial charge is 0.289 e. The van der Waals surface area contributed by atoms with Crippen LogP contribution in [0.3, 0.4) is 0 Å². The molecule has 2 heterocycles. The third-order valence-electron chi connectivity index (χ3n) is 8.23. The number of carbonyl (C=O) groups is 5. The quantitative estimate of drug-likeness (QED) is 0.193. The van der Waals surface area contributed by atoms with Gasteiger partial charge in [-0.25, -0.2) is 0 Å². The number of carbonyl (C=O) groups excluding carboxylic acids is 5. The van der Waals surface area contributed by atoms with Crippen molar-refractivity contribution in [3.8, 4) is 0 Å². The van der Waals surface area contributed by atoms with Crippen LogP contribution in [0.25, 0.3) is 10.9 Å². The van der Waals surface area contributed by atoms with Gasteiger partial charge in [-0.15, -0.1) is 0 Å². The van der Waals surface area contributed by atoms with Crippen molar-refractivity contribution in [3.05, 3.63) is 33.9 Å². The molecule has 4 rings (SSSR count). The first-order valence-corrected chi connectivity index (χ1v) is 15.7. The number of hydrogen-bond acceptors (Lipinski definition) is 5. The summed E-state index contributed by atoms with van der Waals surface area (Å²) >= 11 is 12.4. The van der Waals surface area contributed by atoms with Gasteiger partial charge in [-0.3, -0.25) is 24.0 Å². The Bertz CT molecular complexity index is 1330. The van der Waals surface area contributed by atoms with E-state index in [0.717, 1.165) is 38.5 Å². The van der Waals surface area contributed by atoms with Gasteiger partial charge in [-0.1, -0.05) is 56.3 Å². The molecule has 1 aromatic heterocycles. The Balaban J connectivity index is 1.51. The first kappa shape index (κ1) is 32.0.